The van der Waals surface area contributed by atoms with Crippen LogP contribution >= 0.6 is 0 Å². The molecule has 1 aliphatic carbocycles. The highest BCUT2D eigenvalue weighted by molar-refractivity contribution is 6.15. The Balaban J connectivity index is 1.21. The van der Waals surface area contributed by atoms with Crippen LogP contribution in [0.5, 0.6) is 0 Å². The number of anilines is 2. The summed E-state index contributed by atoms with van der Waals surface area (Å²) < 4.78 is 0. The summed E-state index contributed by atoms with van der Waals surface area (Å²) in [5.74, 6) is 0.852. The van der Waals surface area contributed by atoms with E-state index < -0.39 is 11.2 Å². The first kappa shape index (κ1) is 22.2. The fourth-order valence-corrected chi connectivity index (χ4v) is 6.08. The first-order valence-corrected chi connectivity index (χ1v) is 12.5. The highest BCUT2D eigenvalue weighted by atomic mass is 16.2. The molecule has 2 aromatic heterocycles. The lowest BCUT2D eigenvalue weighted by molar-refractivity contribution is -0.145. The van der Waals surface area contributed by atoms with Crippen molar-refractivity contribution in [3.8, 4) is 6.07 Å². The number of nitrogens with one attached hydrogen (secondary N) is 4. The summed E-state index contributed by atoms with van der Waals surface area (Å²) >= 11 is 0. The predicted molar refractivity (Wildman–Crippen MR) is 130 cm³/mol. The molecular formula is C25H30N8O2. The minimum atomic E-state index is -1.07. The van der Waals surface area contributed by atoms with Gasteiger partial charge in [0.05, 0.1) is 11.7 Å². The monoisotopic (exact) mass is 474 g/mol. The highest BCUT2D eigenvalue weighted by Crippen LogP contribution is 2.51. The Morgan fingerprint density at radius 3 is 2.60 bits per heavy atom. The van der Waals surface area contributed by atoms with Crippen LogP contribution in [0.1, 0.15) is 51.9 Å². The second-order valence-electron chi connectivity index (χ2n) is 10.5. The molecule has 10 nitrogen and oxygen atoms in total. The zero-order chi connectivity index (χ0) is 24.2. The number of carbonyl (C=O) groups excluding carboxylic acids is 2. The number of piperidine rings is 1. The molecule has 5 atom stereocenters. The lowest BCUT2D eigenvalue weighted by Gasteiger charge is -2.40. The summed E-state index contributed by atoms with van der Waals surface area (Å²) in [6.07, 6.45) is 7.28. The van der Waals surface area contributed by atoms with Gasteiger partial charge in [0.15, 0.2) is 0 Å². The van der Waals surface area contributed by atoms with Crippen molar-refractivity contribution in [2.45, 2.75) is 82.2 Å². The van der Waals surface area contributed by atoms with Gasteiger partial charge in [-0.15, -0.1) is 0 Å². The van der Waals surface area contributed by atoms with Crippen molar-refractivity contribution >= 4 is 34.2 Å². The first-order valence-electron chi connectivity index (χ1n) is 12.5. The van der Waals surface area contributed by atoms with Gasteiger partial charge >= 0.3 is 0 Å². The van der Waals surface area contributed by atoms with Crippen molar-refractivity contribution in [3.05, 3.63) is 24.4 Å². The van der Waals surface area contributed by atoms with Crippen LogP contribution in [-0.2, 0) is 9.59 Å². The summed E-state index contributed by atoms with van der Waals surface area (Å²) in [5.41, 5.74) is 6.26. The number of nitriles is 1. The topological polar surface area (TPSA) is 135 Å². The summed E-state index contributed by atoms with van der Waals surface area (Å²) in [6, 6.07) is 8.33. The molecule has 0 spiro atoms. The number of aromatic nitrogens is 2. The Labute approximate surface area is 203 Å². The van der Waals surface area contributed by atoms with Crippen LogP contribution < -0.4 is 21.5 Å². The molecule has 6 rings (SSSR count). The largest absolute Gasteiger partial charge is 0.367 e. The van der Waals surface area contributed by atoms with Crippen molar-refractivity contribution in [3.63, 3.8) is 0 Å². The van der Waals surface area contributed by atoms with Gasteiger partial charge in [0.1, 0.15) is 23.1 Å². The van der Waals surface area contributed by atoms with Crippen molar-refractivity contribution in [2.24, 2.45) is 5.41 Å². The van der Waals surface area contributed by atoms with Crippen LogP contribution in [0.15, 0.2) is 24.4 Å². The smallest absolute Gasteiger partial charge is 0.247 e. The fourth-order valence-electron chi connectivity index (χ4n) is 6.08. The quantitative estimate of drug-likeness (QED) is 0.366. The van der Waals surface area contributed by atoms with E-state index in [0.29, 0.717) is 18.9 Å². The molecule has 2 bridgehead atoms. The van der Waals surface area contributed by atoms with E-state index in [1.165, 1.54) is 0 Å². The second kappa shape index (κ2) is 8.43. The van der Waals surface area contributed by atoms with E-state index in [4.69, 9.17) is 10.2 Å². The molecule has 1 amide bonds. The number of fused-ring (bicyclic) bond motifs is 3. The Bertz CT molecular complexity index is 1210. The number of carbonyl (C=O) groups is 2. The van der Waals surface area contributed by atoms with E-state index >= 15 is 0 Å². The third kappa shape index (κ3) is 3.89. The molecule has 1 saturated carbocycles. The molecule has 4 aliphatic rings. The number of Topliss-reactive ketones (excluding diaryl/α,β-unsaturated/α-hetero) is 1. The minimum Gasteiger partial charge on any atom is -0.367 e. The zero-order valence-electron chi connectivity index (χ0n) is 19.8. The van der Waals surface area contributed by atoms with E-state index in [9.17, 15) is 9.59 Å². The van der Waals surface area contributed by atoms with Gasteiger partial charge in [0.25, 0.3) is 0 Å². The van der Waals surface area contributed by atoms with Gasteiger partial charge in [-0.2, -0.15) is 5.26 Å². The Morgan fingerprint density at radius 1 is 1.17 bits per heavy atom. The standard InChI is InChI=1S/C25H30N8O2/c1-14-9-22(32-31-14)29-21-12-19-18(3-2-8-27-19)23(30-21)28-15-10-16-4-5-17(11-15)33(16)24(35)25(6-7-25)20(34)13-26/h2-3,8,12,14-17,22,31-32H,4-7,9-11H2,1H3,(H2,28,29,30)/t14?,15?,16-,17+,22?. The van der Waals surface area contributed by atoms with Crippen molar-refractivity contribution < 1.29 is 9.59 Å². The highest BCUT2D eigenvalue weighted by Gasteiger charge is 2.60. The second-order valence-corrected chi connectivity index (χ2v) is 10.5. The van der Waals surface area contributed by atoms with Crippen LogP contribution in [0.3, 0.4) is 0 Å². The summed E-state index contributed by atoms with van der Waals surface area (Å²) in [6.45, 7) is 2.13. The lowest BCUT2D eigenvalue weighted by Crippen LogP contribution is -2.53. The lowest BCUT2D eigenvalue weighted by atomic mass is 9.92. The molecule has 10 heteroatoms. The number of rotatable bonds is 6. The van der Waals surface area contributed by atoms with E-state index in [1.54, 1.807) is 12.3 Å². The maximum absolute atomic E-state index is 13.3. The van der Waals surface area contributed by atoms with Crippen LogP contribution in [-0.4, -0.2) is 56.9 Å². The maximum Gasteiger partial charge on any atom is 0.247 e. The molecule has 5 heterocycles. The van der Waals surface area contributed by atoms with Gasteiger partial charge in [0, 0.05) is 41.8 Å². The summed E-state index contributed by atoms with van der Waals surface area (Å²) in [7, 11) is 0. The van der Waals surface area contributed by atoms with Crippen LogP contribution in [0.25, 0.3) is 10.9 Å². The molecule has 4 N–H and O–H groups in total. The summed E-state index contributed by atoms with van der Waals surface area (Å²) in [5, 5.41) is 17.2. The van der Waals surface area contributed by atoms with Gasteiger partial charge in [-0.05, 0) is 64.0 Å². The van der Waals surface area contributed by atoms with Crippen molar-refractivity contribution in [1.82, 2.24) is 25.7 Å². The van der Waals surface area contributed by atoms with E-state index in [0.717, 1.165) is 54.6 Å². The molecule has 2 aromatic rings. The molecular weight excluding hydrogens is 444 g/mol. The molecule has 3 unspecified atom stereocenters. The normalized spacial score (nSPS) is 30.6. The molecule has 0 aromatic carbocycles. The van der Waals surface area contributed by atoms with Crippen molar-refractivity contribution in [2.75, 3.05) is 10.6 Å². The average molecular weight is 475 g/mol. The Kier molecular flexibility index (Phi) is 5.34. The average Bonchev–Trinajstić information content (AvgIpc) is 3.50. The molecule has 35 heavy (non-hydrogen) atoms. The van der Waals surface area contributed by atoms with E-state index in [2.05, 4.69) is 33.4 Å². The van der Waals surface area contributed by atoms with Gasteiger partial charge in [0.2, 0.25) is 11.7 Å². The Morgan fingerprint density at radius 2 is 1.94 bits per heavy atom. The number of amides is 1. The number of pyridine rings is 2. The number of ketones is 1. The molecule has 3 aliphatic heterocycles. The van der Waals surface area contributed by atoms with E-state index in [-0.39, 0.29) is 30.2 Å². The molecule has 182 valence electrons. The molecule has 4 fully saturated rings. The van der Waals surface area contributed by atoms with E-state index in [1.807, 2.05) is 23.1 Å². The van der Waals surface area contributed by atoms with Crippen LogP contribution in [0, 0.1) is 16.7 Å². The third-order valence-electron chi connectivity index (χ3n) is 8.02. The first-order chi connectivity index (χ1) is 17.0. The van der Waals surface area contributed by atoms with Crippen LogP contribution in [0.2, 0.25) is 0 Å². The van der Waals surface area contributed by atoms with Gasteiger partial charge < -0.3 is 15.5 Å². The number of nitrogens with zero attached hydrogens (tertiary/aromatic N) is 4. The maximum atomic E-state index is 13.3. The predicted octanol–water partition coefficient (Wildman–Crippen LogP) is 2.06. The number of hydrogen-bond donors (Lipinski definition) is 4. The summed E-state index contributed by atoms with van der Waals surface area (Å²) in [4.78, 5) is 36.9. The van der Waals surface area contributed by atoms with Gasteiger partial charge in [-0.25, -0.2) is 10.4 Å². The SMILES string of the molecule is CC1CC(Nc2cc3ncccc3c(NC3C[C@H]4CC[C@@H](C3)N4C(=O)C3(C(=O)C#N)CC3)n2)NN1. The molecule has 0 radical (unpaired) electrons. The molecule has 3 saturated heterocycles. The third-order valence-corrected chi connectivity index (χ3v) is 8.02. The fraction of sp³-hybridized carbons (Fsp3) is 0.560. The van der Waals surface area contributed by atoms with Crippen LogP contribution in [0.4, 0.5) is 11.6 Å². The van der Waals surface area contributed by atoms with Crippen molar-refractivity contribution in [1.29, 1.82) is 5.26 Å². The number of hydrogen-bond acceptors (Lipinski definition) is 9. The number of hydrazine groups is 1. The zero-order valence-corrected chi connectivity index (χ0v) is 19.8. The van der Waals surface area contributed by atoms with Gasteiger partial charge in [-0.3, -0.25) is 20.0 Å². The Hall–Kier alpha value is -3.29. The minimum absolute atomic E-state index is 0.0856. The van der Waals surface area contributed by atoms with Gasteiger partial charge in [-0.1, -0.05) is 0 Å².